The summed E-state index contributed by atoms with van der Waals surface area (Å²) in [5.74, 6) is 0.540. The van der Waals surface area contributed by atoms with Crippen molar-refractivity contribution in [2.75, 3.05) is 5.32 Å². The van der Waals surface area contributed by atoms with Crippen LogP contribution in [0.2, 0.25) is 0 Å². The second-order valence-electron chi connectivity index (χ2n) is 4.27. The van der Waals surface area contributed by atoms with Gasteiger partial charge >= 0.3 is 0 Å². The zero-order chi connectivity index (χ0) is 13.2. The van der Waals surface area contributed by atoms with E-state index in [-0.39, 0.29) is 11.6 Å². The van der Waals surface area contributed by atoms with E-state index >= 15 is 0 Å². The molecule has 0 aliphatic heterocycles. The van der Waals surface area contributed by atoms with Gasteiger partial charge in [-0.1, -0.05) is 12.1 Å². The predicted molar refractivity (Wildman–Crippen MR) is 71.5 cm³/mol. The molecule has 0 fully saturated rings. The number of benzene rings is 2. The number of anilines is 1. The first-order valence-corrected chi connectivity index (χ1v) is 5.88. The predicted octanol–water partition coefficient (Wildman–Crippen LogP) is 3.02. The Morgan fingerprint density at radius 2 is 1.95 bits per heavy atom. The van der Waals surface area contributed by atoms with Crippen molar-refractivity contribution in [2.45, 2.75) is 6.54 Å². The van der Waals surface area contributed by atoms with E-state index in [2.05, 4.69) is 15.3 Å². The van der Waals surface area contributed by atoms with Gasteiger partial charge in [0.15, 0.2) is 0 Å². The van der Waals surface area contributed by atoms with Gasteiger partial charge in [0.25, 0.3) is 0 Å². The number of rotatable bonds is 3. The average Bonchev–Trinajstić information content (AvgIpc) is 2.80. The molecule has 2 aromatic carbocycles. The fourth-order valence-corrected chi connectivity index (χ4v) is 1.87. The Morgan fingerprint density at radius 3 is 2.74 bits per heavy atom. The summed E-state index contributed by atoms with van der Waals surface area (Å²) in [7, 11) is 0. The Labute approximate surface area is 108 Å². The van der Waals surface area contributed by atoms with E-state index < -0.39 is 0 Å². The van der Waals surface area contributed by atoms with Gasteiger partial charge in [-0.25, -0.2) is 9.37 Å². The Morgan fingerprint density at radius 1 is 1.16 bits per heavy atom. The summed E-state index contributed by atoms with van der Waals surface area (Å²) >= 11 is 0. The number of aromatic hydroxyl groups is 1. The Balaban J connectivity index is 1.76. The molecular formula is C14H12FN3O. The Hall–Kier alpha value is -2.56. The number of phenolic OH excluding ortho intramolecular Hbond substituents is 1. The highest BCUT2D eigenvalue weighted by Gasteiger charge is 2.03. The number of imidazole rings is 1. The summed E-state index contributed by atoms with van der Waals surface area (Å²) in [6.07, 6.45) is 0. The number of aromatic amines is 1. The molecule has 19 heavy (non-hydrogen) atoms. The molecule has 1 heterocycles. The smallest absolute Gasteiger partial charge is 0.201 e. The summed E-state index contributed by atoms with van der Waals surface area (Å²) in [5, 5.41) is 12.3. The molecule has 0 aliphatic carbocycles. The molecule has 3 aromatic rings. The third kappa shape index (κ3) is 2.49. The minimum atomic E-state index is -0.291. The van der Waals surface area contributed by atoms with Gasteiger partial charge in [-0.2, -0.15) is 0 Å². The highest BCUT2D eigenvalue weighted by molar-refractivity contribution is 5.77. The van der Waals surface area contributed by atoms with Gasteiger partial charge in [0.1, 0.15) is 11.6 Å². The van der Waals surface area contributed by atoms with E-state index in [0.29, 0.717) is 18.0 Å². The molecule has 0 atom stereocenters. The molecule has 0 saturated carbocycles. The largest absolute Gasteiger partial charge is 0.508 e. The summed E-state index contributed by atoms with van der Waals surface area (Å²) in [5.41, 5.74) is 2.40. The second kappa shape index (κ2) is 4.61. The number of aromatic nitrogens is 2. The zero-order valence-electron chi connectivity index (χ0n) is 10.0. The molecule has 0 saturated heterocycles. The van der Waals surface area contributed by atoms with E-state index in [9.17, 15) is 9.50 Å². The molecular weight excluding hydrogens is 245 g/mol. The number of phenols is 1. The van der Waals surface area contributed by atoms with Gasteiger partial charge in [0, 0.05) is 6.54 Å². The van der Waals surface area contributed by atoms with E-state index in [1.807, 2.05) is 12.1 Å². The van der Waals surface area contributed by atoms with Crippen LogP contribution in [0.1, 0.15) is 5.56 Å². The van der Waals surface area contributed by atoms with Crippen LogP contribution in [0.4, 0.5) is 10.3 Å². The number of halogens is 1. The standard InChI is InChI=1S/C14H12FN3O/c15-10-3-6-12-13(7-10)18-14(17-12)16-8-9-1-4-11(19)5-2-9/h1-7,19H,8H2,(H2,16,17,18). The minimum Gasteiger partial charge on any atom is -0.508 e. The lowest BCUT2D eigenvalue weighted by Crippen LogP contribution is -2.00. The van der Waals surface area contributed by atoms with Crippen molar-refractivity contribution in [1.29, 1.82) is 0 Å². The fraction of sp³-hybridized carbons (Fsp3) is 0.0714. The lowest BCUT2D eigenvalue weighted by atomic mass is 10.2. The molecule has 0 aliphatic rings. The Bertz CT molecular complexity index is 706. The number of nitrogens with one attached hydrogen (secondary N) is 2. The maximum Gasteiger partial charge on any atom is 0.201 e. The van der Waals surface area contributed by atoms with Crippen molar-refractivity contribution in [1.82, 2.24) is 9.97 Å². The first-order chi connectivity index (χ1) is 9.20. The normalized spacial score (nSPS) is 10.8. The quantitative estimate of drug-likeness (QED) is 0.676. The third-order valence-electron chi connectivity index (χ3n) is 2.84. The Kier molecular flexibility index (Phi) is 2.79. The monoisotopic (exact) mass is 257 g/mol. The SMILES string of the molecule is Oc1ccc(CNc2nc3ccc(F)cc3[nH]2)cc1. The summed E-state index contributed by atoms with van der Waals surface area (Å²) in [6, 6.07) is 11.3. The highest BCUT2D eigenvalue weighted by atomic mass is 19.1. The van der Waals surface area contributed by atoms with Crippen molar-refractivity contribution in [3.05, 3.63) is 53.8 Å². The van der Waals surface area contributed by atoms with Crippen molar-refractivity contribution in [3.63, 3.8) is 0 Å². The van der Waals surface area contributed by atoms with Crippen molar-refractivity contribution >= 4 is 17.0 Å². The van der Waals surface area contributed by atoms with Gasteiger partial charge in [-0.05, 0) is 35.9 Å². The van der Waals surface area contributed by atoms with Crippen LogP contribution in [-0.2, 0) is 6.54 Å². The summed E-state index contributed by atoms with van der Waals surface area (Å²) in [4.78, 5) is 7.31. The molecule has 4 nitrogen and oxygen atoms in total. The van der Waals surface area contributed by atoms with Crippen LogP contribution < -0.4 is 5.32 Å². The number of nitrogens with zero attached hydrogens (tertiary/aromatic N) is 1. The number of H-pyrrole nitrogens is 1. The summed E-state index contributed by atoms with van der Waals surface area (Å²) in [6.45, 7) is 0.572. The topological polar surface area (TPSA) is 60.9 Å². The first kappa shape index (κ1) is 11.5. The van der Waals surface area contributed by atoms with Gasteiger partial charge in [-0.3, -0.25) is 0 Å². The average molecular weight is 257 g/mol. The second-order valence-corrected chi connectivity index (χ2v) is 4.27. The molecule has 3 N–H and O–H groups in total. The molecule has 0 amide bonds. The van der Waals surface area contributed by atoms with Crippen molar-refractivity contribution < 1.29 is 9.50 Å². The number of hydrogen-bond acceptors (Lipinski definition) is 3. The van der Waals surface area contributed by atoms with E-state index in [4.69, 9.17) is 0 Å². The third-order valence-corrected chi connectivity index (χ3v) is 2.84. The van der Waals surface area contributed by atoms with E-state index in [1.54, 1.807) is 18.2 Å². The number of hydrogen-bond donors (Lipinski definition) is 3. The molecule has 5 heteroatoms. The maximum absolute atomic E-state index is 13.0. The fourth-order valence-electron chi connectivity index (χ4n) is 1.87. The van der Waals surface area contributed by atoms with Gasteiger partial charge in [0.2, 0.25) is 5.95 Å². The minimum absolute atomic E-state index is 0.239. The van der Waals surface area contributed by atoms with Crippen LogP contribution in [0.3, 0.4) is 0 Å². The lowest BCUT2D eigenvalue weighted by molar-refractivity contribution is 0.475. The van der Waals surface area contributed by atoms with Gasteiger partial charge in [-0.15, -0.1) is 0 Å². The van der Waals surface area contributed by atoms with E-state index in [1.165, 1.54) is 12.1 Å². The van der Waals surface area contributed by atoms with Crippen LogP contribution in [-0.4, -0.2) is 15.1 Å². The molecule has 3 rings (SSSR count). The van der Waals surface area contributed by atoms with Crippen molar-refractivity contribution in [2.24, 2.45) is 0 Å². The van der Waals surface area contributed by atoms with Gasteiger partial charge < -0.3 is 15.4 Å². The van der Waals surface area contributed by atoms with Crippen molar-refractivity contribution in [3.8, 4) is 5.75 Å². The van der Waals surface area contributed by atoms with Crippen LogP contribution in [0.5, 0.6) is 5.75 Å². The van der Waals surface area contributed by atoms with Crippen LogP contribution in [0.25, 0.3) is 11.0 Å². The van der Waals surface area contributed by atoms with Crippen LogP contribution in [0.15, 0.2) is 42.5 Å². The molecule has 0 spiro atoms. The molecule has 96 valence electrons. The first-order valence-electron chi connectivity index (χ1n) is 5.88. The number of fused-ring (bicyclic) bond motifs is 1. The molecule has 1 aromatic heterocycles. The molecule has 0 unspecified atom stereocenters. The van der Waals surface area contributed by atoms with Crippen LogP contribution in [0, 0.1) is 5.82 Å². The lowest BCUT2D eigenvalue weighted by Gasteiger charge is -2.02. The highest BCUT2D eigenvalue weighted by Crippen LogP contribution is 2.16. The molecule has 0 radical (unpaired) electrons. The van der Waals surface area contributed by atoms with Crippen LogP contribution >= 0.6 is 0 Å². The van der Waals surface area contributed by atoms with E-state index in [0.717, 1.165) is 11.1 Å². The zero-order valence-corrected chi connectivity index (χ0v) is 10.0. The maximum atomic E-state index is 13.0. The van der Waals surface area contributed by atoms with Gasteiger partial charge in [0.05, 0.1) is 11.0 Å². The molecule has 0 bridgehead atoms. The summed E-state index contributed by atoms with van der Waals surface area (Å²) < 4.78 is 13.0.